The Hall–Kier alpha value is -1.82. The van der Waals surface area contributed by atoms with Crippen molar-refractivity contribution in [2.45, 2.75) is 12.8 Å². The Morgan fingerprint density at radius 3 is 1.95 bits per heavy atom. The van der Waals surface area contributed by atoms with E-state index in [0.717, 1.165) is 12.1 Å². The zero-order chi connectivity index (χ0) is 15.6. The average molecular weight is 323 g/mol. The van der Waals surface area contributed by atoms with Crippen LogP contribution < -0.4 is 4.74 Å². The van der Waals surface area contributed by atoms with Gasteiger partial charge in [-0.3, -0.25) is 0 Å². The molecule has 0 radical (unpaired) electrons. The molecule has 0 aliphatic rings. The van der Waals surface area contributed by atoms with Gasteiger partial charge in [-0.2, -0.15) is 22.0 Å². The Kier molecular flexibility index (Phi) is 4.37. The normalized spacial score (nSPS) is 11.8. The molecule has 7 heteroatoms. The summed E-state index contributed by atoms with van der Waals surface area (Å²) in [5, 5.41) is -0.0484. The van der Waals surface area contributed by atoms with E-state index in [4.69, 9.17) is 11.6 Å². The lowest BCUT2D eigenvalue weighted by Gasteiger charge is -2.10. The lowest BCUT2D eigenvalue weighted by atomic mass is 10.0. The summed E-state index contributed by atoms with van der Waals surface area (Å²) in [4.78, 5) is 0. The van der Waals surface area contributed by atoms with E-state index in [2.05, 4.69) is 4.74 Å². The van der Waals surface area contributed by atoms with Gasteiger partial charge in [0, 0.05) is 0 Å². The molecule has 0 aliphatic carbocycles. The second-order valence-corrected chi connectivity index (χ2v) is 4.51. The van der Waals surface area contributed by atoms with Crippen LogP contribution in [0.3, 0.4) is 0 Å². The fourth-order valence-corrected chi connectivity index (χ4v) is 1.95. The van der Waals surface area contributed by atoms with Crippen molar-refractivity contribution >= 4 is 11.6 Å². The molecule has 0 N–H and O–H groups in total. The molecule has 0 heterocycles. The number of hydrogen-bond acceptors (Lipinski definition) is 1. The molecule has 0 fully saturated rings. The van der Waals surface area contributed by atoms with E-state index in [-0.39, 0.29) is 10.8 Å². The second kappa shape index (κ2) is 5.89. The van der Waals surface area contributed by atoms with Crippen molar-refractivity contribution in [2.75, 3.05) is 0 Å². The maximum atomic E-state index is 12.5. The van der Waals surface area contributed by atoms with E-state index in [0.29, 0.717) is 11.1 Å². The molecule has 0 aliphatic heterocycles. The Bertz CT molecular complexity index is 622. The molecule has 0 unspecified atom stereocenters. The molecule has 21 heavy (non-hydrogen) atoms. The first-order valence-corrected chi connectivity index (χ1v) is 6.07. The second-order valence-electron chi connectivity index (χ2n) is 4.10. The van der Waals surface area contributed by atoms with Crippen molar-refractivity contribution in [3.8, 4) is 16.9 Å². The Labute approximate surface area is 121 Å². The summed E-state index contributed by atoms with van der Waals surface area (Å²) in [5.41, 5.74) is 0.207. The van der Waals surface area contributed by atoms with Gasteiger partial charge < -0.3 is 4.74 Å². The van der Waals surface area contributed by atoms with E-state index in [1.165, 1.54) is 30.3 Å². The van der Waals surface area contributed by atoms with Crippen molar-refractivity contribution < 1.29 is 26.7 Å². The third kappa shape index (κ3) is 3.85. The topological polar surface area (TPSA) is 9.23 Å². The van der Waals surface area contributed by atoms with Crippen molar-refractivity contribution in [1.29, 1.82) is 0 Å². The van der Waals surface area contributed by atoms with E-state index >= 15 is 0 Å². The highest BCUT2D eigenvalue weighted by molar-refractivity contribution is 6.32. The summed E-state index contributed by atoms with van der Waals surface area (Å²) in [6, 6.07) is 8.46. The van der Waals surface area contributed by atoms with E-state index in [1.807, 2.05) is 0 Å². The lowest BCUT2D eigenvalue weighted by molar-refractivity contribution is -0.137. The Morgan fingerprint density at radius 2 is 1.48 bits per heavy atom. The van der Waals surface area contributed by atoms with Gasteiger partial charge in [0.05, 0.1) is 10.6 Å². The average Bonchev–Trinajstić information content (AvgIpc) is 2.40. The van der Waals surface area contributed by atoms with Gasteiger partial charge in [-0.25, -0.2) is 0 Å². The van der Waals surface area contributed by atoms with Crippen molar-refractivity contribution in [3.63, 3.8) is 0 Å². The lowest BCUT2D eigenvalue weighted by Crippen LogP contribution is -2.04. The van der Waals surface area contributed by atoms with Crippen LogP contribution in [-0.4, -0.2) is 6.61 Å². The number of halogens is 6. The van der Waals surface area contributed by atoms with Crippen LogP contribution in [0.4, 0.5) is 22.0 Å². The number of ether oxygens (including phenoxy) is 1. The highest BCUT2D eigenvalue weighted by Gasteiger charge is 2.29. The zero-order valence-corrected chi connectivity index (χ0v) is 11.1. The molecule has 0 bridgehead atoms. The van der Waals surface area contributed by atoms with Gasteiger partial charge in [0.15, 0.2) is 0 Å². The molecular weight excluding hydrogens is 315 g/mol. The molecule has 2 aromatic rings. The first-order valence-electron chi connectivity index (χ1n) is 5.69. The molecule has 112 valence electrons. The molecule has 0 aromatic heterocycles. The predicted octanol–water partition coefficient (Wildman–Crippen LogP) is 5.63. The molecule has 2 aromatic carbocycles. The monoisotopic (exact) mass is 322 g/mol. The van der Waals surface area contributed by atoms with Gasteiger partial charge in [-0.1, -0.05) is 29.8 Å². The van der Waals surface area contributed by atoms with E-state index in [1.54, 1.807) is 0 Å². The van der Waals surface area contributed by atoms with E-state index in [9.17, 15) is 22.0 Å². The number of rotatable bonds is 3. The van der Waals surface area contributed by atoms with Crippen LogP contribution in [-0.2, 0) is 6.18 Å². The van der Waals surface area contributed by atoms with Crippen LogP contribution in [0.15, 0.2) is 42.5 Å². The summed E-state index contributed by atoms with van der Waals surface area (Å²) in [6.45, 7) is -3.00. The third-order valence-electron chi connectivity index (χ3n) is 2.69. The van der Waals surface area contributed by atoms with Crippen LogP contribution >= 0.6 is 11.6 Å². The van der Waals surface area contributed by atoms with Gasteiger partial charge >= 0.3 is 12.8 Å². The van der Waals surface area contributed by atoms with Gasteiger partial charge in [0.2, 0.25) is 0 Å². The minimum absolute atomic E-state index is 0.0484. The maximum Gasteiger partial charge on any atom is 0.416 e. The van der Waals surface area contributed by atoms with Crippen LogP contribution in [0, 0.1) is 0 Å². The van der Waals surface area contributed by atoms with Crippen molar-refractivity contribution in [3.05, 3.63) is 53.1 Å². The first-order chi connectivity index (χ1) is 9.77. The molecule has 0 saturated heterocycles. The third-order valence-corrected chi connectivity index (χ3v) is 2.99. The first kappa shape index (κ1) is 15.6. The molecule has 2 rings (SSSR count). The smallest absolute Gasteiger partial charge is 0.416 e. The van der Waals surface area contributed by atoms with Gasteiger partial charge in [0.1, 0.15) is 5.75 Å². The minimum atomic E-state index is -4.41. The fourth-order valence-electron chi connectivity index (χ4n) is 1.72. The fraction of sp³-hybridized carbons (Fsp3) is 0.143. The van der Waals surface area contributed by atoms with Gasteiger partial charge in [-0.05, 0) is 35.4 Å². The van der Waals surface area contributed by atoms with Crippen molar-refractivity contribution in [2.24, 2.45) is 0 Å². The molecular formula is C14H8ClF5O. The molecule has 0 saturated carbocycles. The summed E-state index contributed by atoms with van der Waals surface area (Å²) >= 11 is 5.79. The summed E-state index contributed by atoms with van der Waals surface area (Å²) in [5.74, 6) is -0.192. The number of hydrogen-bond donors (Lipinski definition) is 0. The van der Waals surface area contributed by atoms with Crippen LogP contribution in [0.25, 0.3) is 11.1 Å². The summed E-state index contributed by atoms with van der Waals surface area (Å²) in [7, 11) is 0. The Balaban J connectivity index is 2.28. The highest BCUT2D eigenvalue weighted by Crippen LogP contribution is 2.34. The molecule has 0 amide bonds. The van der Waals surface area contributed by atoms with Crippen LogP contribution in [0.5, 0.6) is 5.75 Å². The summed E-state index contributed by atoms with van der Waals surface area (Å²) in [6.07, 6.45) is -4.41. The Morgan fingerprint density at radius 1 is 0.905 bits per heavy atom. The zero-order valence-electron chi connectivity index (χ0n) is 10.3. The maximum absolute atomic E-state index is 12.5. The van der Waals surface area contributed by atoms with Gasteiger partial charge in [0.25, 0.3) is 0 Å². The predicted molar refractivity (Wildman–Crippen MR) is 68.5 cm³/mol. The van der Waals surface area contributed by atoms with Crippen LogP contribution in [0.1, 0.15) is 5.56 Å². The largest absolute Gasteiger partial charge is 0.433 e. The number of benzene rings is 2. The minimum Gasteiger partial charge on any atom is -0.433 e. The number of alkyl halides is 5. The van der Waals surface area contributed by atoms with Crippen LogP contribution in [0.2, 0.25) is 5.02 Å². The molecule has 0 spiro atoms. The molecule has 1 nitrogen and oxygen atoms in total. The van der Waals surface area contributed by atoms with Gasteiger partial charge in [-0.15, -0.1) is 0 Å². The highest BCUT2D eigenvalue weighted by atomic mass is 35.5. The molecule has 0 atom stereocenters. The quantitative estimate of drug-likeness (QED) is 0.666. The summed E-state index contributed by atoms with van der Waals surface area (Å²) < 4.78 is 65.7. The SMILES string of the molecule is FC(F)Oc1ccc(-c2ccc(C(F)(F)F)cc2)cc1Cl. The van der Waals surface area contributed by atoms with E-state index < -0.39 is 18.4 Å². The standard InChI is InChI=1S/C14H8ClF5O/c15-11-7-9(3-6-12(11)21-13(16)17)8-1-4-10(5-2-8)14(18,19)20/h1-7,13H. The van der Waals surface area contributed by atoms with Crippen molar-refractivity contribution in [1.82, 2.24) is 0 Å².